The van der Waals surface area contributed by atoms with E-state index in [1.807, 2.05) is 6.92 Å². The van der Waals surface area contributed by atoms with Crippen LogP contribution in [0.1, 0.15) is 20.8 Å². The van der Waals surface area contributed by atoms with Gasteiger partial charge in [0.05, 0.1) is 4.92 Å². The molecule has 18 heavy (non-hydrogen) atoms. The molecule has 0 atom stereocenters. The predicted octanol–water partition coefficient (Wildman–Crippen LogP) is 1.91. The third-order valence-corrected chi connectivity index (χ3v) is 2.33. The van der Waals surface area contributed by atoms with Gasteiger partial charge in [-0.25, -0.2) is 9.97 Å². The van der Waals surface area contributed by atoms with Gasteiger partial charge in [0.1, 0.15) is 6.33 Å². The monoisotopic (exact) mass is 253 g/mol. The maximum Gasteiger partial charge on any atom is 0.353 e. The van der Waals surface area contributed by atoms with Crippen LogP contribution in [0.4, 0.5) is 17.3 Å². The number of anilines is 2. The molecule has 1 aromatic rings. The summed E-state index contributed by atoms with van der Waals surface area (Å²) in [6.07, 6.45) is 1.34. The maximum absolute atomic E-state index is 11.2. The second-order valence-electron chi connectivity index (χ2n) is 4.46. The van der Waals surface area contributed by atoms with E-state index in [9.17, 15) is 10.1 Å². The summed E-state index contributed by atoms with van der Waals surface area (Å²) in [6, 6.07) is 0. The normalized spacial score (nSPS) is 10.5. The minimum Gasteiger partial charge on any atom is -0.364 e. The molecular formula is C11H19N5O2. The van der Waals surface area contributed by atoms with Crippen LogP contribution in [0.2, 0.25) is 0 Å². The second-order valence-corrected chi connectivity index (χ2v) is 4.46. The number of nitro groups is 1. The number of hydrogen-bond acceptors (Lipinski definition) is 6. The van der Waals surface area contributed by atoms with Gasteiger partial charge in [0, 0.05) is 20.1 Å². The zero-order valence-corrected chi connectivity index (χ0v) is 11.2. The summed E-state index contributed by atoms with van der Waals surface area (Å²) in [5.74, 6) is 1.01. The van der Waals surface area contributed by atoms with E-state index in [0.29, 0.717) is 24.8 Å². The highest BCUT2D eigenvalue weighted by Gasteiger charge is 2.25. The van der Waals surface area contributed by atoms with Gasteiger partial charge in [0.15, 0.2) is 0 Å². The Labute approximate surface area is 106 Å². The van der Waals surface area contributed by atoms with Crippen molar-refractivity contribution < 1.29 is 4.92 Å². The third-order valence-electron chi connectivity index (χ3n) is 2.33. The molecule has 0 saturated carbocycles. The van der Waals surface area contributed by atoms with Crippen molar-refractivity contribution in [3.8, 4) is 0 Å². The zero-order chi connectivity index (χ0) is 13.7. The summed E-state index contributed by atoms with van der Waals surface area (Å²) in [5.41, 5.74) is -0.0671. The molecule has 0 saturated heterocycles. The smallest absolute Gasteiger partial charge is 0.353 e. The van der Waals surface area contributed by atoms with E-state index in [1.54, 1.807) is 11.9 Å². The van der Waals surface area contributed by atoms with Gasteiger partial charge in [-0.3, -0.25) is 10.1 Å². The Morgan fingerprint density at radius 3 is 2.67 bits per heavy atom. The van der Waals surface area contributed by atoms with Crippen LogP contribution < -0.4 is 10.2 Å². The van der Waals surface area contributed by atoms with E-state index in [1.165, 1.54) is 6.33 Å². The number of rotatable bonds is 6. The molecule has 1 rings (SSSR count). The predicted molar refractivity (Wildman–Crippen MR) is 71.0 cm³/mol. The van der Waals surface area contributed by atoms with Gasteiger partial charge in [-0.1, -0.05) is 13.8 Å². The van der Waals surface area contributed by atoms with Gasteiger partial charge in [-0.15, -0.1) is 0 Å². The molecule has 0 fully saturated rings. The molecule has 1 heterocycles. The maximum atomic E-state index is 11.2. The number of nitrogens with one attached hydrogen (secondary N) is 1. The Morgan fingerprint density at radius 2 is 2.17 bits per heavy atom. The van der Waals surface area contributed by atoms with Crippen molar-refractivity contribution in [2.24, 2.45) is 5.92 Å². The van der Waals surface area contributed by atoms with Crippen LogP contribution in [-0.2, 0) is 0 Å². The summed E-state index contributed by atoms with van der Waals surface area (Å²) in [5, 5.41) is 14.1. The first-order valence-electron chi connectivity index (χ1n) is 5.91. The summed E-state index contributed by atoms with van der Waals surface area (Å²) in [4.78, 5) is 20.5. The van der Waals surface area contributed by atoms with Crippen LogP contribution in [0, 0.1) is 16.0 Å². The average molecular weight is 253 g/mol. The van der Waals surface area contributed by atoms with Crippen LogP contribution in [-0.4, -0.2) is 35.0 Å². The van der Waals surface area contributed by atoms with Crippen LogP contribution in [0.3, 0.4) is 0 Å². The van der Waals surface area contributed by atoms with Crippen molar-refractivity contribution in [2.45, 2.75) is 20.8 Å². The van der Waals surface area contributed by atoms with Crippen LogP contribution in [0.5, 0.6) is 0 Å². The Morgan fingerprint density at radius 1 is 1.50 bits per heavy atom. The van der Waals surface area contributed by atoms with E-state index in [0.717, 1.165) is 0 Å². The van der Waals surface area contributed by atoms with Crippen LogP contribution >= 0.6 is 0 Å². The molecule has 0 radical (unpaired) electrons. The average Bonchev–Trinajstić information content (AvgIpc) is 2.27. The highest BCUT2D eigenvalue weighted by Crippen LogP contribution is 2.31. The van der Waals surface area contributed by atoms with Gasteiger partial charge >= 0.3 is 5.69 Å². The minimum atomic E-state index is -0.440. The van der Waals surface area contributed by atoms with Crippen LogP contribution in [0.25, 0.3) is 0 Å². The summed E-state index contributed by atoms with van der Waals surface area (Å²) in [6.45, 7) is 7.24. The topological polar surface area (TPSA) is 84.2 Å². The van der Waals surface area contributed by atoms with Gasteiger partial charge in [0.2, 0.25) is 11.6 Å². The van der Waals surface area contributed by atoms with Crippen LogP contribution in [0.15, 0.2) is 6.33 Å². The van der Waals surface area contributed by atoms with Crippen molar-refractivity contribution in [3.05, 3.63) is 16.4 Å². The van der Waals surface area contributed by atoms with Crippen molar-refractivity contribution in [2.75, 3.05) is 30.4 Å². The number of nitrogens with zero attached hydrogens (tertiary/aromatic N) is 4. The molecule has 0 aliphatic carbocycles. The molecule has 100 valence electrons. The molecule has 7 heteroatoms. The third kappa shape index (κ3) is 3.28. The Bertz CT molecular complexity index is 422. The van der Waals surface area contributed by atoms with Crippen molar-refractivity contribution in [3.63, 3.8) is 0 Å². The van der Waals surface area contributed by atoms with Gasteiger partial charge < -0.3 is 10.2 Å². The summed E-state index contributed by atoms with van der Waals surface area (Å²) in [7, 11) is 1.80. The molecule has 0 unspecified atom stereocenters. The molecule has 1 aromatic heterocycles. The second kappa shape index (κ2) is 6.13. The first kappa shape index (κ1) is 14.1. The van der Waals surface area contributed by atoms with E-state index in [2.05, 4.69) is 29.1 Å². The Kier molecular flexibility index (Phi) is 4.82. The molecule has 7 nitrogen and oxygen atoms in total. The first-order chi connectivity index (χ1) is 8.47. The largest absolute Gasteiger partial charge is 0.364 e. The zero-order valence-electron chi connectivity index (χ0n) is 11.2. The minimum absolute atomic E-state index is 0.0671. The quantitative estimate of drug-likeness (QED) is 0.615. The van der Waals surface area contributed by atoms with Crippen molar-refractivity contribution in [1.29, 1.82) is 0 Å². The summed E-state index contributed by atoms with van der Waals surface area (Å²) >= 11 is 0. The molecule has 0 spiro atoms. The SMILES string of the molecule is CCNc1ncnc(N(C)CC(C)C)c1[N+](=O)[O-]. The van der Waals surface area contributed by atoms with Crippen molar-refractivity contribution in [1.82, 2.24) is 9.97 Å². The highest BCUT2D eigenvalue weighted by atomic mass is 16.6. The van der Waals surface area contributed by atoms with Gasteiger partial charge in [0.25, 0.3) is 0 Å². The van der Waals surface area contributed by atoms with E-state index in [-0.39, 0.29) is 11.5 Å². The van der Waals surface area contributed by atoms with E-state index >= 15 is 0 Å². The van der Waals surface area contributed by atoms with Gasteiger partial charge in [-0.05, 0) is 12.8 Å². The molecule has 0 amide bonds. The van der Waals surface area contributed by atoms with Gasteiger partial charge in [-0.2, -0.15) is 0 Å². The number of hydrogen-bond donors (Lipinski definition) is 1. The highest BCUT2D eigenvalue weighted by molar-refractivity contribution is 5.69. The Balaban J connectivity index is 3.17. The van der Waals surface area contributed by atoms with E-state index < -0.39 is 4.92 Å². The lowest BCUT2D eigenvalue weighted by molar-refractivity contribution is -0.383. The fraction of sp³-hybridized carbons (Fsp3) is 0.636. The first-order valence-corrected chi connectivity index (χ1v) is 5.91. The molecule has 0 bridgehead atoms. The number of aromatic nitrogens is 2. The molecule has 1 N–H and O–H groups in total. The fourth-order valence-corrected chi connectivity index (χ4v) is 1.75. The standard InChI is InChI=1S/C11H19N5O2/c1-5-12-10-9(16(17)18)11(14-7-13-10)15(4)6-8(2)3/h7-8H,5-6H2,1-4H3,(H,12,13,14). The van der Waals surface area contributed by atoms with Crippen molar-refractivity contribution >= 4 is 17.3 Å². The molecular weight excluding hydrogens is 234 g/mol. The molecule has 0 aliphatic rings. The fourth-order valence-electron chi connectivity index (χ4n) is 1.75. The van der Waals surface area contributed by atoms with E-state index in [4.69, 9.17) is 0 Å². The summed E-state index contributed by atoms with van der Waals surface area (Å²) < 4.78 is 0. The molecule has 0 aromatic carbocycles. The molecule has 0 aliphatic heterocycles. The lowest BCUT2D eigenvalue weighted by Gasteiger charge is -2.20. The lowest BCUT2D eigenvalue weighted by Crippen LogP contribution is -2.25. The lowest BCUT2D eigenvalue weighted by atomic mass is 10.2. The Hall–Kier alpha value is -1.92.